The predicted octanol–water partition coefficient (Wildman–Crippen LogP) is 6.35. The van der Waals surface area contributed by atoms with Crippen LogP contribution in [0.1, 0.15) is 71.5 Å². The number of benzene rings is 1. The molecule has 1 amide bonds. The predicted molar refractivity (Wildman–Crippen MR) is 144 cm³/mol. The van der Waals surface area contributed by atoms with E-state index in [-0.39, 0.29) is 23.9 Å². The Labute approximate surface area is 225 Å². The van der Waals surface area contributed by atoms with Crippen molar-refractivity contribution in [1.29, 1.82) is 0 Å². The third-order valence-electron chi connectivity index (χ3n) is 7.58. The highest BCUT2D eigenvalue weighted by atomic mass is 35.5. The van der Waals surface area contributed by atoms with Gasteiger partial charge >= 0.3 is 0 Å². The van der Waals surface area contributed by atoms with Crippen molar-refractivity contribution in [3.63, 3.8) is 0 Å². The molecule has 3 heterocycles. The molecule has 1 atom stereocenters. The first-order valence-electron chi connectivity index (χ1n) is 12.5. The Kier molecular flexibility index (Phi) is 7.07. The average molecular weight is 543 g/mol. The summed E-state index contributed by atoms with van der Waals surface area (Å²) in [5.74, 6) is 1.42. The van der Waals surface area contributed by atoms with Crippen LogP contribution in [-0.4, -0.2) is 22.9 Å². The van der Waals surface area contributed by atoms with Gasteiger partial charge < -0.3 is 24.2 Å². The number of H-pyrrole nitrogens is 1. The summed E-state index contributed by atoms with van der Waals surface area (Å²) >= 11 is 8.07. The first-order valence-corrected chi connectivity index (χ1v) is 14.1. The number of rotatable bonds is 6. The third kappa shape index (κ3) is 4.89. The van der Waals surface area contributed by atoms with E-state index in [0.29, 0.717) is 39.1 Å². The van der Waals surface area contributed by atoms with E-state index in [0.717, 1.165) is 42.0 Å². The Balaban J connectivity index is 1.31. The lowest BCUT2D eigenvalue weighted by Crippen LogP contribution is -2.44. The van der Waals surface area contributed by atoms with Gasteiger partial charge in [0, 0.05) is 52.6 Å². The number of halogens is 1. The van der Waals surface area contributed by atoms with Crippen LogP contribution in [0.2, 0.25) is 5.02 Å². The van der Waals surface area contributed by atoms with Crippen LogP contribution in [0.4, 0.5) is 0 Å². The number of amides is 1. The van der Waals surface area contributed by atoms with Crippen molar-refractivity contribution in [3.8, 4) is 11.5 Å². The van der Waals surface area contributed by atoms with Crippen molar-refractivity contribution in [2.24, 2.45) is 5.92 Å². The summed E-state index contributed by atoms with van der Waals surface area (Å²) in [5, 5.41) is 3.21. The summed E-state index contributed by atoms with van der Waals surface area (Å²) in [5.41, 5.74) is 2.15. The fourth-order valence-electron chi connectivity index (χ4n) is 5.47. The number of carbonyl (C=O) groups is 1. The Morgan fingerprint density at radius 1 is 1.19 bits per heavy atom. The lowest BCUT2D eigenvalue weighted by Gasteiger charge is -2.36. The van der Waals surface area contributed by atoms with E-state index in [1.807, 2.05) is 45.2 Å². The summed E-state index contributed by atoms with van der Waals surface area (Å²) in [7, 11) is 0. The van der Waals surface area contributed by atoms with E-state index in [1.165, 1.54) is 11.8 Å². The van der Waals surface area contributed by atoms with Gasteiger partial charge in [-0.2, -0.15) is 0 Å². The molecule has 2 N–H and O–H groups in total. The summed E-state index contributed by atoms with van der Waals surface area (Å²) in [4.78, 5) is 29.3. The molecular formula is C28H31ClN2O5S. The monoisotopic (exact) mass is 542 g/mol. The number of hydrogen-bond acceptors (Lipinski definition) is 6. The molecule has 7 nitrogen and oxygen atoms in total. The van der Waals surface area contributed by atoms with Crippen LogP contribution in [0, 0.1) is 19.8 Å². The molecule has 0 bridgehead atoms. The number of fused-ring (bicyclic) bond motifs is 1. The number of ether oxygens (including phenoxy) is 2. The maximum absolute atomic E-state index is 13.2. The number of aromatic amines is 1. The highest BCUT2D eigenvalue weighted by molar-refractivity contribution is 7.98. The van der Waals surface area contributed by atoms with Gasteiger partial charge in [-0.3, -0.25) is 9.59 Å². The molecule has 5 rings (SSSR count). The Bertz CT molecular complexity index is 1380. The van der Waals surface area contributed by atoms with Gasteiger partial charge in [0.05, 0.1) is 11.3 Å². The van der Waals surface area contributed by atoms with E-state index in [9.17, 15) is 9.59 Å². The molecule has 3 aromatic rings. The SMILES string of the molecule is CSc1cc(C)[nH]c(=O)c1CNC(=O)c1cc(Cl)c2c(c1C)OC(C)(C1CCC(c3ccco3)CC1)O2. The third-order valence-corrected chi connectivity index (χ3v) is 8.67. The van der Waals surface area contributed by atoms with Gasteiger partial charge in [-0.15, -0.1) is 11.8 Å². The molecule has 0 spiro atoms. The second-order valence-corrected chi connectivity index (χ2v) is 11.2. The average Bonchev–Trinajstić information content (AvgIpc) is 3.54. The number of aryl methyl sites for hydroxylation is 1. The standard InChI is InChI=1S/C28H31ClN2O5S/c1-15-12-23(37-4)20(27(33)31-15)14-30-26(32)19-13-21(29)25-24(16(19)2)35-28(3,36-25)18-9-7-17(8-10-18)22-6-5-11-34-22/h5-6,11-13,17-18H,7-10,14H2,1-4H3,(H,30,32)(H,31,33). The molecule has 1 saturated carbocycles. The van der Waals surface area contributed by atoms with Crippen molar-refractivity contribution < 1.29 is 18.7 Å². The molecule has 196 valence electrons. The summed E-state index contributed by atoms with van der Waals surface area (Å²) in [6.07, 6.45) is 7.48. The van der Waals surface area contributed by atoms with Gasteiger partial charge in [0.15, 0.2) is 11.5 Å². The minimum atomic E-state index is -0.859. The molecule has 1 aliphatic carbocycles. The minimum Gasteiger partial charge on any atom is -0.469 e. The van der Waals surface area contributed by atoms with Gasteiger partial charge in [-0.25, -0.2) is 0 Å². The lowest BCUT2D eigenvalue weighted by molar-refractivity contribution is -0.121. The second kappa shape index (κ2) is 10.1. The van der Waals surface area contributed by atoms with Gasteiger partial charge in [0.25, 0.3) is 17.3 Å². The van der Waals surface area contributed by atoms with Crippen LogP contribution in [0.5, 0.6) is 11.5 Å². The van der Waals surface area contributed by atoms with Crippen LogP contribution in [0.3, 0.4) is 0 Å². The van der Waals surface area contributed by atoms with E-state index in [1.54, 1.807) is 12.3 Å². The molecule has 0 saturated heterocycles. The molecule has 37 heavy (non-hydrogen) atoms. The summed E-state index contributed by atoms with van der Waals surface area (Å²) in [6.45, 7) is 5.72. The minimum absolute atomic E-state index is 0.104. The van der Waals surface area contributed by atoms with Crippen LogP contribution >= 0.6 is 23.4 Å². The largest absolute Gasteiger partial charge is 0.469 e. The van der Waals surface area contributed by atoms with Gasteiger partial charge in [0.1, 0.15) is 5.76 Å². The zero-order valence-electron chi connectivity index (χ0n) is 21.4. The molecule has 1 unspecified atom stereocenters. The summed E-state index contributed by atoms with van der Waals surface area (Å²) < 4.78 is 18.4. The van der Waals surface area contributed by atoms with E-state index < -0.39 is 5.79 Å². The van der Waals surface area contributed by atoms with Crippen LogP contribution < -0.4 is 20.3 Å². The number of furan rings is 1. The number of aromatic nitrogens is 1. The highest BCUT2D eigenvalue weighted by Gasteiger charge is 2.47. The van der Waals surface area contributed by atoms with Crippen molar-refractivity contribution >= 4 is 29.3 Å². The van der Waals surface area contributed by atoms with Gasteiger partial charge in [0.2, 0.25) is 0 Å². The molecule has 1 aliphatic heterocycles. The van der Waals surface area contributed by atoms with Crippen LogP contribution in [0.15, 0.2) is 44.6 Å². The normalized spacial score (nSPS) is 22.7. The molecule has 1 aromatic carbocycles. The Hall–Kier alpha value is -2.84. The van der Waals surface area contributed by atoms with Crippen molar-refractivity contribution in [2.75, 3.05) is 6.26 Å². The topological polar surface area (TPSA) is 93.6 Å². The molecule has 9 heteroatoms. The number of nitrogens with one attached hydrogen (secondary N) is 2. The number of thioether (sulfide) groups is 1. The maximum Gasteiger partial charge on any atom is 0.254 e. The first kappa shape index (κ1) is 25.8. The zero-order valence-corrected chi connectivity index (χ0v) is 23.0. The number of hydrogen-bond donors (Lipinski definition) is 2. The molecule has 2 aromatic heterocycles. The fraction of sp³-hybridized carbons (Fsp3) is 0.429. The van der Waals surface area contributed by atoms with Crippen LogP contribution in [0.25, 0.3) is 0 Å². The lowest BCUT2D eigenvalue weighted by atomic mass is 9.77. The van der Waals surface area contributed by atoms with Crippen molar-refractivity contribution in [1.82, 2.24) is 10.3 Å². The smallest absolute Gasteiger partial charge is 0.254 e. The highest BCUT2D eigenvalue weighted by Crippen LogP contribution is 2.52. The quantitative estimate of drug-likeness (QED) is 0.352. The second-order valence-electron chi connectivity index (χ2n) is 9.98. The Morgan fingerprint density at radius 3 is 2.59 bits per heavy atom. The number of carbonyl (C=O) groups excluding carboxylic acids is 1. The molecule has 0 radical (unpaired) electrons. The fourth-order valence-corrected chi connectivity index (χ4v) is 6.41. The first-order chi connectivity index (χ1) is 17.7. The van der Waals surface area contributed by atoms with Gasteiger partial charge in [-0.1, -0.05) is 11.6 Å². The maximum atomic E-state index is 13.2. The number of pyridine rings is 1. The van der Waals surface area contributed by atoms with E-state index >= 15 is 0 Å². The van der Waals surface area contributed by atoms with Crippen molar-refractivity contribution in [2.45, 2.75) is 69.6 Å². The van der Waals surface area contributed by atoms with Crippen molar-refractivity contribution in [3.05, 3.63) is 74.0 Å². The van der Waals surface area contributed by atoms with E-state index in [4.69, 9.17) is 25.5 Å². The summed E-state index contributed by atoms with van der Waals surface area (Å²) in [6, 6.07) is 7.49. The van der Waals surface area contributed by atoms with E-state index in [2.05, 4.69) is 10.3 Å². The zero-order chi connectivity index (χ0) is 26.3. The molecular weight excluding hydrogens is 512 g/mol. The Morgan fingerprint density at radius 2 is 1.92 bits per heavy atom. The molecule has 2 aliphatic rings. The molecule has 1 fully saturated rings. The van der Waals surface area contributed by atoms with Crippen LogP contribution in [-0.2, 0) is 6.54 Å². The van der Waals surface area contributed by atoms with Gasteiger partial charge in [-0.05, 0) is 70.1 Å².